The molecule has 58 heavy (non-hydrogen) atoms. The van der Waals surface area contributed by atoms with Crippen LogP contribution in [0.3, 0.4) is 0 Å². The van der Waals surface area contributed by atoms with Crippen LogP contribution in [0.2, 0.25) is 0 Å². The summed E-state index contributed by atoms with van der Waals surface area (Å²) in [5, 5.41) is 6.43. The minimum absolute atomic E-state index is 0.565. The van der Waals surface area contributed by atoms with Gasteiger partial charge in [0.1, 0.15) is 22.3 Å². The number of hydrogen-bond donors (Lipinski definition) is 0. The quantitative estimate of drug-likeness (QED) is 0.176. The number of hydrogen-bond acceptors (Lipinski definition) is 5. The Bertz CT molecular complexity index is 3470. The molecule has 0 N–H and O–H groups in total. The molecule has 5 nitrogen and oxygen atoms in total. The summed E-state index contributed by atoms with van der Waals surface area (Å²) < 4.78 is 13.2. The second kappa shape index (κ2) is 13.0. The Kier molecular flexibility index (Phi) is 7.29. The van der Waals surface area contributed by atoms with Gasteiger partial charge in [0.15, 0.2) is 17.5 Å². The van der Waals surface area contributed by atoms with E-state index in [1.807, 2.05) is 30.3 Å². The predicted molar refractivity (Wildman–Crippen MR) is 236 cm³/mol. The van der Waals surface area contributed by atoms with Gasteiger partial charge in [-0.2, -0.15) is 0 Å². The van der Waals surface area contributed by atoms with Gasteiger partial charge in [0.05, 0.1) is 5.56 Å². The van der Waals surface area contributed by atoms with Gasteiger partial charge in [0.2, 0.25) is 0 Å². The SMILES string of the molecule is C1=Cc2cc(-c3nc(-c4ccc(-c5cccc6oc7c(-c8ccccc8)cccc7c56)c5ccccc45)nc(-c4cccc5c4oc4ccccc45)n3)ccc2CC1. The molecule has 0 bridgehead atoms. The maximum Gasteiger partial charge on any atom is 0.167 e. The summed E-state index contributed by atoms with van der Waals surface area (Å²) in [6, 6.07) is 57.0. The van der Waals surface area contributed by atoms with Crippen LogP contribution in [0.1, 0.15) is 17.5 Å². The van der Waals surface area contributed by atoms with Crippen molar-refractivity contribution in [2.24, 2.45) is 0 Å². The summed E-state index contributed by atoms with van der Waals surface area (Å²) in [6.07, 6.45) is 6.53. The highest BCUT2D eigenvalue weighted by Gasteiger charge is 2.22. The van der Waals surface area contributed by atoms with Crippen molar-refractivity contribution in [2.75, 3.05) is 0 Å². The molecule has 0 atom stereocenters. The molecule has 12 rings (SSSR count). The van der Waals surface area contributed by atoms with E-state index in [-0.39, 0.29) is 0 Å². The molecule has 0 fully saturated rings. The highest BCUT2D eigenvalue weighted by Crippen LogP contribution is 2.44. The molecular formula is C53H33N3O2. The first-order valence-corrected chi connectivity index (χ1v) is 19.7. The second-order valence-corrected chi connectivity index (χ2v) is 15.0. The third-order valence-corrected chi connectivity index (χ3v) is 11.6. The number of nitrogens with zero attached hydrogens (tertiary/aromatic N) is 3. The Morgan fingerprint density at radius 3 is 1.90 bits per heavy atom. The number of furan rings is 2. The first-order chi connectivity index (χ1) is 28.7. The Balaban J connectivity index is 1.07. The fraction of sp³-hybridized carbons (Fsp3) is 0.0377. The van der Waals surface area contributed by atoms with Crippen LogP contribution in [-0.2, 0) is 6.42 Å². The lowest BCUT2D eigenvalue weighted by atomic mass is 9.92. The topological polar surface area (TPSA) is 65.0 Å². The second-order valence-electron chi connectivity index (χ2n) is 15.0. The third-order valence-electron chi connectivity index (χ3n) is 11.6. The Morgan fingerprint density at radius 2 is 1.02 bits per heavy atom. The lowest BCUT2D eigenvalue weighted by molar-refractivity contribution is 0.669. The third kappa shape index (κ3) is 5.14. The summed E-state index contributed by atoms with van der Waals surface area (Å²) in [5.41, 5.74) is 13.0. The van der Waals surface area contributed by atoms with Crippen molar-refractivity contribution in [3.8, 4) is 56.4 Å². The zero-order valence-electron chi connectivity index (χ0n) is 31.3. The summed E-state index contributed by atoms with van der Waals surface area (Å²) >= 11 is 0. The minimum atomic E-state index is 0.565. The maximum atomic E-state index is 6.66. The molecular weight excluding hydrogens is 711 g/mol. The van der Waals surface area contributed by atoms with Crippen LogP contribution in [0, 0.1) is 0 Å². The van der Waals surface area contributed by atoms with Crippen LogP contribution in [-0.4, -0.2) is 15.0 Å². The average Bonchev–Trinajstić information content (AvgIpc) is 3.88. The number of benzene rings is 8. The smallest absolute Gasteiger partial charge is 0.167 e. The van der Waals surface area contributed by atoms with Gasteiger partial charge in [-0.15, -0.1) is 0 Å². The zero-order valence-corrected chi connectivity index (χ0v) is 31.3. The van der Waals surface area contributed by atoms with E-state index in [0.29, 0.717) is 17.5 Å². The molecule has 0 amide bonds. The molecule has 272 valence electrons. The monoisotopic (exact) mass is 743 g/mol. The van der Waals surface area contributed by atoms with E-state index in [1.165, 1.54) is 11.1 Å². The van der Waals surface area contributed by atoms with Gasteiger partial charge in [-0.25, -0.2) is 15.0 Å². The van der Waals surface area contributed by atoms with Gasteiger partial charge in [-0.3, -0.25) is 0 Å². The fourth-order valence-corrected chi connectivity index (χ4v) is 8.88. The minimum Gasteiger partial charge on any atom is -0.455 e. The van der Waals surface area contributed by atoms with Gasteiger partial charge in [-0.1, -0.05) is 146 Å². The molecule has 5 heteroatoms. The van der Waals surface area contributed by atoms with E-state index in [0.717, 1.165) is 106 Å². The molecule has 0 unspecified atom stereocenters. The summed E-state index contributed by atoms with van der Waals surface area (Å²) in [5.74, 6) is 1.78. The number of rotatable bonds is 5. The number of aryl methyl sites for hydroxylation is 1. The van der Waals surface area contributed by atoms with Gasteiger partial charge in [-0.05, 0) is 81.8 Å². The van der Waals surface area contributed by atoms with Crippen LogP contribution < -0.4 is 0 Å². The van der Waals surface area contributed by atoms with Crippen molar-refractivity contribution in [1.29, 1.82) is 0 Å². The summed E-state index contributed by atoms with van der Waals surface area (Å²) in [4.78, 5) is 15.7. The molecule has 8 aromatic carbocycles. The fourth-order valence-electron chi connectivity index (χ4n) is 8.88. The van der Waals surface area contributed by atoms with Crippen LogP contribution in [0.15, 0.2) is 179 Å². The molecule has 3 aromatic heterocycles. The molecule has 11 aromatic rings. The molecule has 1 aliphatic rings. The molecule has 0 radical (unpaired) electrons. The first-order valence-electron chi connectivity index (χ1n) is 19.7. The number of para-hydroxylation sites is 3. The lowest BCUT2D eigenvalue weighted by Crippen LogP contribution is -2.02. The summed E-state index contributed by atoms with van der Waals surface area (Å²) in [6.45, 7) is 0. The molecule has 0 saturated heterocycles. The molecule has 3 heterocycles. The van der Waals surface area contributed by atoms with E-state index in [1.54, 1.807) is 0 Å². The normalized spacial score (nSPS) is 12.6. The Hall–Kier alpha value is -7.63. The van der Waals surface area contributed by atoms with Crippen LogP contribution in [0.5, 0.6) is 0 Å². The van der Waals surface area contributed by atoms with Gasteiger partial charge in [0, 0.05) is 38.2 Å². The summed E-state index contributed by atoms with van der Waals surface area (Å²) in [7, 11) is 0. The molecule has 1 aliphatic carbocycles. The standard InChI is InChI=1S/C53H33N3O2/c1-2-14-33(15-3-1)36-20-10-23-44-48-41(21-12-26-47(48)58-49(36)44)39-29-30-43(38-18-7-6-17-37(38)39)52-54-51(35-28-27-32-13-4-5-16-34(32)31-35)55-53(56-52)45-24-11-22-42-40-19-8-9-25-46(40)57-50(42)45/h1-3,5-12,14-31H,4,13H2. The molecule has 0 aliphatic heterocycles. The van der Waals surface area contributed by atoms with E-state index in [2.05, 4.69) is 146 Å². The largest absolute Gasteiger partial charge is 0.455 e. The molecule has 0 saturated carbocycles. The van der Waals surface area contributed by atoms with Crippen molar-refractivity contribution in [1.82, 2.24) is 15.0 Å². The van der Waals surface area contributed by atoms with Crippen LogP contribution in [0.25, 0.3) is 117 Å². The molecule has 0 spiro atoms. The van der Waals surface area contributed by atoms with Crippen molar-refractivity contribution in [3.63, 3.8) is 0 Å². The van der Waals surface area contributed by atoms with Crippen LogP contribution >= 0.6 is 0 Å². The average molecular weight is 744 g/mol. The van der Waals surface area contributed by atoms with E-state index >= 15 is 0 Å². The lowest BCUT2D eigenvalue weighted by Gasteiger charge is -2.15. The van der Waals surface area contributed by atoms with Gasteiger partial charge < -0.3 is 8.83 Å². The van der Waals surface area contributed by atoms with Gasteiger partial charge in [0.25, 0.3) is 0 Å². The number of allylic oxidation sites excluding steroid dienone is 1. The van der Waals surface area contributed by atoms with Crippen LogP contribution in [0.4, 0.5) is 0 Å². The van der Waals surface area contributed by atoms with Crippen molar-refractivity contribution in [3.05, 3.63) is 181 Å². The number of aromatic nitrogens is 3. The van der Waals surface area contributed by atoms with E-state index in [4.69, 9.17) is 23.8 Å². The Morgan fingerprint density at radius 1 is 0.397 bits per heavy atom. The van der Waals surface area contributed by atoms with Crippen molar-refractivity contribution >= 4 is 60.7 Å². The number of fused-ring (bicyclic) bond motifs is 8. The van der Waals surface area contributed by atoms with Crippen molar-refractivity contribution < 1.29 is 8.83 Å². The maximum absolute atomic E-state index is 6.66. The highest BCUT2D eigenvalue weighted by molar-refractivity contribution is 6.18. The van der Waals surface area contributed by atoms with Gasteiger partial charge >= 0.3 is 0 Å². The van der Waals surface area contributed by atoms with E-state index in [9.17, 15) is 0 Å². The first kappa shape index (κ1) is 32.6. The van der Waals surface area contributed by atoms with Crippen molar-refractivity contribution in [2.45, 2.75) is 12.8 Å². The zero-order chi connectivity index (χ0) is 38.2. The highest BCUT2D eigenvalue weighted by atomic mass is 16.3. The van der Waals surface area contributed by atoms with E-state index < -0.39 is 0 Å². The Labute approximate surface area is 333 Å². The predicted octanol–water partition coefficient (Wildman–Crippen LogP) is 14.1.